The van der Waals surface area contributed by atoms with Crippen LogP contribution in [-0.2, 0) is 4.74 Å². The molecular formula is C14H20ClFN2O. The van der Waals surface area contributed by atoms with Crippen LogP contribution in [0.2, 0.25) is 5.02 Å². The van der Waals surface area contributed by atoms with E-state index >= 15 is 0 Å². The Morgan fingerprint density at radius 3 is 2.58 bits per heavy atom. The van der Waals surface area contributed by atoms with Crippen molar-refractivity contribution >= 4 is 11.6 Å². The Balaban J connectivity index is 2.29. The zero-order chi connectivity index (χ0) is 14.0. The molecule has 5 heteroatoms. The van der Waals surface area contributed by atoms with Crippen LogP contribution in [0.4, 0.5) is 4.39 Å². The summed E-state index contributed by atoms with van der Waals surface area (Å²) in [5, 5.41) is 0.433. The van der Waals surface area contributed by atoms with Crippen LogP contribution in [0.5, 0.6) is 0 Å². The Kier molecular flexibility index (Phi) is 4.79. The standard InChI is InChI=1S/C14H20ClFN2O/c1-9-7-18(8-10(2)19-9)13(6-17)14-11(15)4-3-5-12(14)16/h3-5,9-10,13H,6-8,17H2,1-2H3/t9-,10-,13-/m0/s1. The van der Waals surface area contributed by atoms with Crippen molar-refractivity contribution in [3.8, 4) is 0 Å². The van der Waals surface area contributed by atoms with Crippen LogP contribution < -0.4 is 5.73 Å². The molecule has 2 rings (SSSR count). The molecule has 19 heavy (non-hydrogen) atoms. The molecule has 106 valence electrons. The SMILES string of the molecule is C[C@H]1CN([C@@H](CN)c2c(F)cccc2Cl)C[C@H](C)O1. The first-order valence-electron chi connectivity index (χ1n) is 6.56. The highest BCUT2D eigenvalue weighted by Gasteiger charge is 2.30. The molecule has 1 fully saturated rings. The minimum Gasteiger partial charge on any atom is -0.373 e. The van der Waals surface area contributed by atoms with Crippen molar-refractivity contribution in [2.24, 2.45) is 5.73 Å². The molecule has 0 amide bonds. The lowest BCUT2D eigenvalue weighted by molar-refractivity contribution is -0.0802. The van der Waals surface area contributed by atoms with Crippen LogP contribution in [0, 0.1) is 5.82 Å². The van der Waals surface area contributed by atoms with Crippen molar-refractivity contribution in [3.05, 3.63) is 34.6 Å². The number of benzene rings is 1. The largest absolute Gasteiger partial charge is 0.373 e. The highest BCUT2D eigenvalue weighted by atomic mass is 35.5. The maximum atomic E-state index is 14.0. The summed E-state index contributed by atoms with van der Waals surface area (Å²) in [5.74, 6) is -0.297. The maximum Gasteiger partial charge on any atom is 0.129 e. The second-order valence-corrected chi connectivity index (χ2v) is 5.51. The van der Waals surface area contributed by atoms with Crippen molar-refractivity contribution < 1.29 is 9.13 Å². The van der Waals surface area contributed by atoms with Gasteiger partial charge in [-0.15, -0.1) is 0 Å². The summed E-state index contributed by atoms with van der Waals surface area (Å²) < 4.78 is 19.7. The Hall–Kier alpha value is -0.680. The number of hydrogen-bond donors (Lipinski definition) is 1. The number of hydrogen-bond acceptors (Lipinski definition) is 3. The van der Waals surface area contributed by atoms with E-state index < -0.39 is 0 Å². The molecule has 1 aliphatic rings. The Labute approximate surface area is 118 Å². The second kappa shape index (κ2) is 6.18. The first-order valence-corrected chi connectivity index (χ1v) is 6.94. The average molecular weight is 287 g/mol. The van der Waals surface area contributed by atoms with Crippen molar-refractivity contribution in [1.82, 2.24) is 4.90 Å². The highest BCUT2D eigenvalue weighted by molar-refractivity contribution is 6.31. The minimum atomic E-state index is -0.297. The molecule has 1 aliphatic heterocycles. The molecule has 1 aromatic carbocycles. The van der Waals surface area contributed by atoms with Gasteiger partial charge in [0.1, 0.15) is 5.82 Å². The number of halogens is 2. The van der Waals surface area contributed by atoms with E-state index in [2.05, 4.69) is 4.90 Å². The van der Waals surface area contributed by atoms with E-state index in [1.807, 2.05) is 13.8 Å². The van der Waals surface area contributed by atoms with E-state index in [-0.39, 0.29) is 24.1 Å². The first-order chi connectivity index (χ1) is 9.02. The summed E-state index contributed by atoms with van der Waals surface area (Å²) in [6.45, 7) is 5.83. The van der Waals surface area contributed by atoms with Crippen molar-refractivity contribution in [2.45, 2.75) is 32.1 Å². The number of nitrogens with two attached hydrogens (primary N) is 1. The molecule has 0 aliphatic carbocycles. The normalized spacial score (nSPS) is 26.4. The lowest BCUT2D eigenvalue weighted by Crippen LogP contribution is -2.48. The van der Waals surface area contributed by atoms with Crippen LogP contribution in [-0.4, -0.2) is 36.7 Å². The minimum absolute atomic E-state index is 0.114. The number of rotatable bonds is 3. The Morgan fingerprint density at radius 1 is 1.42 bits per heavy atom. The molecule has 0 bridgehead atoms. The zero-order valence-electron chi connectivity index (χ0n) is 11.3. The average Bonchev–Trinajstić information content (AvgIpc) is 2.32. The van der Waals surface area contributed by atoms with Gasteiger partial charge < -0.3 is 10.5 Å². The molecule has 0 unspecified atom stereocenters. The third-order valence-electron chi connectivity index (χ3n) is 3.44. The van der Waals surface area contributed by atoms with E-state index in [9.17, 15) is 4.39 Å². The predicted octanol–water partition coefficient (Wildman–Crippen LogP) is 2.59. The van der Waals surface area contributed by atoms with Crippen LogP contribution in [0.25, 0.3) is 0 Å². The fourth-order valence-corrected chi connectivity index (χ4v) is 3.04. The third-order valence-corrected chi connectivity index (χ3v) is 3.77. The Bertz CT molecular complexity index is 413. The summed E-state index contributed by atoms with van der Waals surface area (Å²) in [4.78, 5) is 2.16. The molecule has 1 heterocycles. The first kappa shape index (κ1) is 14.7. The van der Waals surface area contributed by atoms with Gasteiger partial charge in [0.2, 0.25) is 0 Å². The Morgan fingerprint density at radius 2 is 2.05 bits per heavy atom. The lowest BCUT2D eigenvalue weighted by Gasteiger charge is -2.40. The van der Waals surface area contributed by atoms with Crippen LogP contribution in [0.15, 0.2) is 18.2 Å². The van der Waals surface area contributed by atoms with Gasteiger partial charge in [0.25, 0.3) is 0 Å². The van der Waals surface area contributed by atoms with E-state index in [1.165, 1.54) is 6.07 Å². The molecule has 2 N–H and O–H groups in total. The fraction of sp³-hybridized carbons (Fsp3) is 0.571. The molecule has 1 aromatic rings. The fourth-order valence-electron chi connectivity index (χ4n) is 2.75. The number of nitrogens with zero attached hydrogens (tertiary/aromatic N) is 1. The van der Waals surface area contributed by atoms with E-state index in [4.69, 9.17) is 22.1 Å². The number of morpholine rings is 1. The molecule has 0 spiro atoms. The summed E-state index contributed by atoms with van der Waals surface area (Å²) >= 11 is 6.14. The highest BCUT2D eigenvalue weighted by Crippen LogP contribution is 2.31. The summed E-state index contributed by atoms with van der Waals surface area (Å²) in [6.07, 6.45) is 0.228. The van der Waals surface area contributed by atoms with Gasteiger partial charge in [-0.25, -0.2) is 4.39 Å². The molecule has 3 atom stereocenters. The van der Waals surface area contributed by atoms with Gasteiger partial charge in [-0.3, -0.25) is 4.90 Å². The van der Waals surface area contributed by atoms with Crippen molar-refractivity contribution in [2.75, 3.05) is 19.6 Å². The molecular weight excluding hydrogens is 267 g/mol. The van der Waals surface area contributed by atoms with E-state index in [0.717, 1.165) is 13.1 Å². The van der Waals surface area contributed by atoms with Gasteiger partial charge in [-0.1, -0.05) is 17.7 Å². The van der Waals surface area contributed by atoms with Crippen molar-refractivity contribution in [1.29, 1.82) is 0 Å². The van der Waals surface area contributed by atoms with Gasteiger partial charge in [0.05, 0.1) is 18.2 Å². The van der Waals surface area contributed by atoms with E-state index in [1.54, 1.807) is 12.1 Å². The monoisotopic (exact) mass is 286 g/mol. The van der Waals surface area contributed by atoms with Gasteiger partial charge in [-0.05, 0) is 26.0 Å². The molecule has 0 aromatic heterocycles. The van der Waals surface area contributed by atoms with Gasteiger partial charge in [-0.2, -0.15) is 0 Å². The summed E-state index contributed by atoms with van der Waals surface area (Å²) in [5.41, 5.74) is 6.35. The molecule has 0 radical (unpaired) electrons. The predicted molar refractivity (Wildman–Crippen MR) is 74.8 cm³/mol. The van der Waals surface area contributed by atoms with Gasteiger partial charge in [0, 0.05) is 30.2 Å². The second-order valence-electron chi connectivity index (χ2n) is 5.10. The van der Waals surface area contributed by atoms with Gasteiger partial charge >= 0.3 is 0 Å². The number of ether oxygens (including phenoxy) is 1. The van der Waals surface area contributed by atoms with Crippen LogP contribution in [0.3, 0.4) is 0 Å². The van der Waals surface area contributed by atoms with E-state index in [0.29, 0.717) is 17.1 Å². The summed E-state index contributed by atoms with van der Waals surface area (Å²) in [6, 6.07) is 4.54. The van der Waals surface area contributed by atoms with Crippen LogP contribution in [0.1, 0.15) is 25.5 Å². The smallest absolute Gasteiger partial charge is 0.129 e. The van der Waals surface area contributed by atoms with Gasteiger partial charge in [0.15, 0.2) is 0 Å². The third kappa shape index (κ3) is 3.26. The maximum absolute atomic E-state index is 14.0. The molecule has 1 saturated heterocycles. The quantitative estimate of drug-likeness (QED) is 0.928. The molecule has 3 nitrogen and oxygen atoms in total. The zero-order valence-corrected chi connectivity index (χ0v) is 12.0. The summed E-state index contributed by atoms with van der Waals surface area (Å²) in [7, 11) is 0. The topological polar surface area (TPSA) is 38.5 Å². The molecule has 0 saturated carbocycles. The van der Waals surface area contributed by atoms with Crippen molar-refractivity contribution in [3.63, 3.8) is 0 Å². The lowest BCUT2D eigenvalue weighted by atomic mass is 10.0. The van der Waals surface area contributed by atoms with Crippen LogP contribution >= 0.6 is 11.6 Å².